The van der Waals surface area contributed by atoms with Gasteiger partial charge < -0.3 is 10.2 Å². The summed E-state index contributed by atoms with van der Waals surface area (Å²) in [6, 6.07) is 14.3. The zero-order valence-electron chi connectivity index (χ0n) is 11.7. The summed E-state index contributed by atoms with van der Waals surface area (Å²) in [6.45, 7) is 5.13. The molecule has 0 spiro atoms. The van der Waals surface area contributed by atoms with E-state index in [1.807, 2.05) is 24.3 Å². The first-order chi connectivity index (χ1) is 9.68. The largest absolute Gasteiger partial charge is 0.389 e. The molecule has 1 atom stereocenters. The number of oxime groups is 1. The minimum Gasteiger partial charge on any atom is -0.389 e. The molecule has 4 heteroatoms. The Morgan fingerprint density at radius 3 is 2.70 bits per heavy atom. The fraction of sp³-hybridized carbons (Fsp3) is 0.312. The Morgan fingerprint density at radius 1 is 1.20 bits per heavy atom. The third-order valence-electron chi connectivity index (χ3n) is 3.71. The van der Waals surface area contributed by atoms with Crippen molar-refractivity contribution < 1.29 is 4.84 Å². The SMILES string of the molecule is CC1(C)C(c2cccs2)=NOC1CNc1ccccc1. The van der Waals surface area contributed by atoms with E-state index in [0.29, 0.717) is 0 Å². The van der Waals surface area contributed by atoms with Crippen LogP contribution in [0.2, 0.25) is 0 Å². The van der Waals surface area contributed by atoms with Crippen LogP contribution in [0.25, 0.3) is 0 Å². The summed E-state index contributed by atoms with van der Waals surface area (Å²) in [4.78, 5) is 6.85. The molecule has 3 nitrogen and oxygen atoms in total. The van der Waals surface area contributed by atoms with Crippen LogP contribution in [0.5, 0.6) is 0 Å². The van der Waals surface area contributed by atoms with E-state index in [1.165, 1.54) is 4.88 Å². The Kier molecular flexibility index (Phi) is 3.49. The zero-order chi connectivity index (χ0) is 14.0. The molecule has 1 aliphatic heterocycles. The van der Waals surface area contributed by atoms with Crippen LogP contribution in [-0.4, -0.2) is 18.4 Å². The second kappa shape index (κ2) is 5.29. The van der Waals surface area contributed by atoms with E-state index < -0.39 is 0 Å². The summed E-state index contributed by atoms with van der Waals surface area (Å²) in [5, 5.41) is 9.80. The molecule has 2 heterocycles. The molecule has 1 aromatic heterocycles. The van der Waals surface area contributed by atoms with Crippen molar-refractivity contribution in [2.24, 2.45) is 10.6 Å². The minimum atomic E-state index is -0.0906. The average molecular weight is 286 g/mol. The van der Waals surface area contributed by atoms with Crippen molar-refractivity contribution in [2.75, 3.05) is 11.9 Å². The summed E-state index contributed by atoms with van der Waals surface area (Å²) in [7, 11) is 0. The number of hydrogen-bond acceptors (Lipinski definition) is 4. The second-order valence-corrected chi connectivity index (χ2v) is 6.43. The summed E-state index contributed by atoms with van der Waals surface area (Å²) in [5.41, 5.74) is 2.07. The van der Waals surface area contributed by atoms with Crippen molar-refractivity contribution in [1.29, 1.82) is 0 Å². The van der Waals surface area contributed by atoms with Crippen LogP contribution in [0, 0.1) is 5.41 Å². The number of anilines is 1. The summed E-state index contributed by atoms with van der Waals surface area (Å²) in [5.74, 6) is 0. The monoisotopic (exact) mass is 286 g/mol. The molecule has 2 aromatic rings. The van der Waals surface area contributed by atoms with Gasteiger partial charge in [0.2, 0.25) is 0 Å². The fourth-order valence-corrected chi connectivity index (χ4v) is 3.23. The quantitative estimate of drug-likeness (QED) is 0.922. The zero-order valence-corrected chi connectivity index (χ0v) is 12.5. The molecule has 0 fully saturated rings. The molecule has 0 amide bonds. The lowest BCUT2D eigenvalue weighted by molar-refractivity contribution is 0.0466. The smallest absolute Gasteiger partial charge is 0.155 e. The first-order valence-electron chi connectivity index (χ1n) is 6.75. The van der Waals surface area contributed by atoms with Crippen molar-refractivity contribution in [3.63, 3.8) is 0 Å². The number of nitrogens with one attached hydrogen (secondary N) is 1. The predicted molar refractivity (Wildman–Crippen MR) is 84.4 cm³/mol. The van der Waals surface area contributed by atoms with Crippen molar-refractivity contribution in [2.45, 2.75) is 20.0 Å². The van der Waals surface area contributed by atoms with Gasteiger partial charge >= 0.3 is 0 Å². The van der Waals surface area contributed by atoms with E-state index in [-0.39, 0.29) is 11.5 Å². The molecule has 20 heavy (non-hydrogen) atoms. The van der Waals surface area contributed by atoms with Gasteiger partial charge in [-0.25, -0.2) is 0 Å². The van der Waals surface area contributed by atoms with Crippen LogP contribution in [0.4, 0.5) is 5.69 Å². The van der Waals surface area contributed by atoms with Crippen molar-refractivity contribution in [3.05, 3.63) is 52.7 Å². The van der Waals surface area contributed by atoms with Gasteiger partial charge in [0.15, 0.2) is 6.10 Å². The standard InChI is InChI=1S/C16H18N2OS/c1-16(2)14(11-17-12-7-4-3-5-8-12)19-18-15(16)13-9-6-10-20-13/h3-10,14,17H,11H2,1-2H3. The van der Waals surface area contributed by atoms with Gasteiger partial charge in [-0.15, -0.1) is 11.3 Å². The van der Waals surface area contributed by atoms with Crippen LogP contribution >= 0.6 is 11.3 Å². The number of rotatable bonds is 4. The number of thiophene rings is 1. The molecule has 0 radical (unpaired) electrons. The summed E-state index contributed by atoms with van der Waals surface area (Å²) in [6.07, 6.45) is 0.0415. The summed E-state index contributed by atoms with van der Waals surface area (Å²) < 4.78 is 0. The van der Waals surface area contributed by atoms with E-state index in [1.54, 1.807) is 11.3 Å². The van der Waals surface area contributed by atoms with E-state index in [0.717, 1.165) is 17.9 Å². The number of benzene rings is 1. The van der Waals surface area contributed by atoms with Gasteiger partial charge in [-0.3, -0.25) is 0 Å². The molecule has 1 N–H and O–H groups in total. The van der Waals surface area contributed by atoms with Crippen LogP contribution in [0.1, 0.15) is 18.7 Å². The van der Waals surface area contributed by atoms with Gasteiger partial charge in [-0.2, -0.15) is 0 Å². The lowest BCUT2D eigenvalue weighted by atomic mass is 9.81. The number of nitrogens with zero attached hydrogens (tertiary/aromatic N) is 1. The van der Waals surface area contributed by atoms with E-state index in [4.69, 9.17) is 4.84 Å². The van der Waals surface area contributed by atoms with E-state index in [2.05, 4.69) is 47.9 Å². The molecule has 0 aliphatic carbocycles. The normalized spacial score (nSPS) is 20.3. The maximum Gasteiger partial charge on any atom is 0.155 e. The van der Waals surface area contributed by atoms with Crippen molar-refractivity contribution >= 4 is 22.7 Å². The van der Waals surface area contributed by atoms with Crippen LogP contribution in [-0.2, 0) is 4.84 Å². The molecule has 0 bridgehead atoms. The third-order valence-corrected chi connectivity index (χ3v) is 4.58. The third kappa shape index (κ3) is 2.43. The topological polar surface area (TPSA) is 33.6 Å². The maximum absolute atomic E-state index is 5.66. The fourth-order valence-electron chi connectivity index (χ4n) is 2.35. The molecule has 0 saturated carbocycles. The highest BCUT2D eigenvalue weighted by Crippen LogP contribution is 2.36. The molecular weight excluding hydrogens is 268 g/mol. The van der Waals surface area contributed by atoms with Gasteiger partial charge in [-0.05, 0) is 23.6 Å². The van der Waals surface area contributed by atoms with E-state index in [9.17, 15) is 0 Å². The van der Waals surface area contributed by atoms with Gasteiger partial charge in [0, 0.05) is 5.69 Å². The molecule has 104 valence electrons. The number of para-hydroxylation sites is 1. The Hall–Kier alpha value is -1.81. The lowest BCUT2D eigenvalue weighted by Crippen LogP contribution is -2.37. The Bertz CT molecular complexity index is 590. The van der Waals surface area contributed by atoms with Crippen molar-refractivity contribution in [1.82, 2.24) is 0 Å². The lowest BCUT2D eigenvalue weighted by Gasteiger charge is -2.25. The molecule has 1 aromatic carbocycles. The molecule has 3 rings (SSSR count). The number of hydrogen-bond donors (Lipinski definition) is 1. The van der Waals surface area contributed by atoms with Gasteiger partial charge in [0.1, 0.15) is 5.71 Å². The Balaban J connectivity index is 1.68. The van der Waals surface area contributed by atoms with Gasteiger partial charge in [0.05, 0.1) is 16.8 Å². The van der Waals surface area contributed by atoms with Gasteiger partial charge in [-0.1, -0.05) is 43.3 Å². The molecule has 1 aliphatic rings. The maximum atomic E-state index is 5.66. The van der Waals surface area contributed by atoms with E-state index >= 15 is 0 Å². The Morgan fingerprint density at radius 2 is 2.00 bits per heavy atom. The van der Waals surface area contributed by atoms with Crippen molar-refractivity contribution in [3.8, 4) is 0 Å². The van der Waals surface area contributed by atoms with Crippen LogP contribution < -0.4 is 5.32 Å². The van der Waals surface area contributed by atoms with Crippen LogP contribution in [0.3, 0.4) is 0 Å². The highest BCUT2D eigenvalue weighted by molar-refractivity contribution is 7.12. The van der Waals surface area contributed by atoms with Gasteiger partial charge in [0.25, 0.3) is 0 Å². The summed E-state index contributed by atoms with van der Waals surface area (Å²) >= 11 is 1.71. The molecule has 0 saturated heterocycles. The first-order valence-corrected chi connectivity index (χ1v) is 7.63. The second-order valence-electron chi connectivity index (χ2n) is 5.48. The Labute approximate surface area is 123 Å². The first kappa shape index (κ1) is 13.2. The predicted octanol–water partition coefficient (Wildman–Crippen LogP) is 3.99. The minimum absolute atomic E-state index is 0.0415. The highest BCUT2D eigenvalue weighted by atomic mass is 32.1. The highest BCUT2D eigenvalue weighted by Gasteiger charge is 2.42. The van der Waals surface area contributed by atoms with Crippen LogP contribution in [0.15, 0.2) is 53.0 Å². The molecular formula is C16H18N2OS. The molecule has 1 unspecified atom stereocenters. The average Bonchev–Trinajstić information content (AvgIpc) is 3.05.